The fourth-order valence-electron chi connectivity index (χ4n) is 8.42. The van der Waals surface area contributed by atoms with E-state index in [1.807, 2.05) is 31.5 Å². The molecule has 50 heavy (non-hydrogen) atoms. The summed E-state index contributed by atoms with van der Waals surface area (Å²) in [6.07, 6.45) is 14.9. The summed E-state index contributed by atoms with van der Waals surface area (Å²) >= 11 is 0. The second-order valence-corrected chi connectivity index (χ2v) is 21.3. The zero-order valence-corrected chi connectivity index (χ0v) is 32.4. The number of anilines is 1. The van der Waals surface area contributed by atoms with E-state index in [-0.39, 0.29) is 11.8 Å². The number of aryl methyl sites for hydroxylation is 2. The smallest absolute Gasteiger partial charge is 0.267 e. The summed E-state index contributed by atoms with van der Waals surface area (Å²) in [5.41, 5.74) is 10.6. The molecule has 2 aliphatic rings. The van der Waals surface area contributed by atoms with Crippen LogP contribution in [0.2, 0.25) is 25.7 Å². The van der Waals surface area contributed by atoms with E-state index in [4.69, 9.17) is 25.3 Å². The summed E-state index contributed by atoms with van der Waals surface area (Å²) in [5, 5.41) is 12.5. The summed E-state index contributed by atoms with van der Waals surface area (Å²) in [6.45, 7) is 14.6. The summed E-state index contributed by atoms with van der Waals surface area (Å²) in [5.74, 6) is 0.281. The van der Waals surface area contributed by atoms with Gasteiger partial charge in [-0.25, -0.2) is 9.67 Å². The van der Waals surface area contributed by atoms with Crippen LogP contribution in [0.15, 0.2) is 18.5 Å². The van der Waals surface area contributed by atoms with Crippen molar-refractivity contribution < 1.29 is 19.1 Å². The number of hydrogen-bond donors (Lipinski definition) is 2. The molecular weight excluding hydrogens is 647 g/mol. The van der Waals surface area contributed by atoms with E-state index < -0.39 is 19.9 Å². The SMILES string of the molecule is CCn1ncc(C(C(=O)Nc2ncc(-c3c(C)nn(COCC[Si](C)(C)C)c3C)cc2OC)C(C2CCCCC2)C2CCCCC2)c1C(N)=O. The third kappa shape index (κ3) is 8.67. The van der Waals surface area contributed by atoms with Crippen molar-refractivity contribution in [2.75, 3.05) is 19.0 Å². The Morgan fingerprint density at radius 2 is 1.64 bits per heavy atom. The first-order valence-corrected chi connectivity index (χ1v) is 22.5. The summed E-state index contributed by atoms with van der Waals surface area (Å²) < 4.78 is 15.4. The molecule has 0 aromatic carbocycles. The molecule has 0 saturated heterocycles. The summed E-state index contributed by atoms with van der Waals surface area (Å²) in [4.78, 5) is 32.5. The van der Waals surface area contributed by atoms with Gasteiger partial charge in [0.15, 0.2) is 11.6 Å². The van der Waals surface area contributed by atoms with Crippen molar-refractivity contribution >= 4 is 25.7 Å². The summed E-state index contributed by atoms with van der Waals surface area (Å²) in [6, 6.07) is 3.01. The molecule has 1 atom stereocenters. The molecule has 3 aromatic rings. The molecule has 0 aliphatic heterocycles. The monoisotopic (exact) mass is 705 g/mol. The Kier molecular flexibility index (Phi) is 12.6. The number of nitrogens with zero attached hydrogens (tertiary/aromatic N) is 5. The van der Waals surface area contributed by atoms with Crippen LogP contribution in [0, 0.1) is 31.6 Å². The lowest BCUT2D eigenvalue weighted by Gasteiger charge is -2.41. The van der Waals surface area contributed by atoms with Crippen molar-refractivity contribution in [3.05, 3.63) is 41.1 Å². The van der Waals surface area contributed by atoms with Crippen LogP contribution in [-0.2, 0) is 22.8 Å². The molecule has 5 rings (SSSR count). The number of carbonyl (C=O) groups is 2. The van der Waals surface area contributed by atoms with E-state index in [1.165, 1.54) is 12.8 Å². The maximum atomic E-state index is 14.8. The molecule has 2 amide bonds. The van der Waals surface area contributed by atoms with Crippen molar-refractivity contribution in [1.29, 1.82) is 0 Å². The Balaban J connectivity index is 1.48. The lowest BCUT2D eigenvalue weighted by Crippen LogP contribution is -2.39. The second-order valence-electron chi connectivity index (χ2n) is 15.6. The molecular formula is C38H59N7O4Si. The zero-order chi connectivity index (χ0) is 36.0. The number of rotatable bonds is 15. The Bertz CT molecular complexity index is 1600. The minimum atomic E-state index is -1.19. The van der Waals surface area contributed by atoms with Gasteiger partial charge in [0.1, 0.15) is 12.4 Å². The fourth-order valence-corrected chi connectivity index (χ4v) is 9.18. The van der Waals surface area contributed by atoms with Crippen molar-refractivity contribution in [2.45, 2.75) is 130 Å². The molecule has 1 unspecified atom stereocenters. The van der Waals surface area contributed by atoms with Gasteiger partial charge in [0.05, 0.1) is 24.9 Å². The average Bonchev–Trinajstić information content (AvgIpc) is 3.65. The van der Waals surface area contributed by atoms with Crippen molar-refractivity contribution in [3.8, 4) is 16.9 Å². The fraction of sp³-hybridized carbons (Fsp3) is 0.658. The Hall–Kier alpha value is -3.51. The quantitative estimate of drug-likeness (QED) is 0.122. The molecule has 2 saturated carbocycles. The van der Waals surface area contributed by atoms with E-state index in [1.54, 1.807) is 24.2 Å². The van der Waals surface area contributed by atoms with Gasteiger partial charge in [0.2, 0.25) is 5.91 Å². The number of methoxy groups -OCH3 is 1. The van der Waals surface area contributed by atoms with Gasteiger partial charge >= 0.3 is 0 Å². The van der Waals surface area contributed by atoms with Gasteiger partial charge in [-0.15, -0.1) is 0 Å². The van der Waals surface area contributed by atoms with Crippen LogP contribution in [0.1, 0.15) is 104 Å². The third-order valence-electron chi connectivity index (χ3n) is 11.0. The van der Waals surface area contributed by atoms with Gasteiger partial charge in [-0.05, 0) is 50.6 Å². The van der Waals surface area contributed by atoms with E-state index in [2.05, 4.69) is 30.1 Å². The minimum Gasteiger partial charge on any atom is -0.493 e. The van der Waals surface area contributed by atoms with E-state index in [9.17, 15) is 9.59 Å². The van der Waals surface area contributed by atoms with Crippen molar-refractivity contribution in [3.63, 3.8) is 0 Å². The minimum absolute atomic E-state index is 0.0672. The van der Waals surface area contributed by atoms with Crippen molar-refractivity contribution in [1.82, 2.24) is 24.5 Å². The molecule has 274 valence electrons. The number of pyridine rings is 1. The molecule has 11 nitrogen and oxygen atoms in total. The van der Waals surface area contributed by atoms with Crippen LogP contribution in [0.4, 0.5) is 5.82 Å². The highest BCUT2D eigenvalue weighted by atomic mass is 28.3. The molecule has 2 fully saturated rings. The molecule has 3 N–H and O–H groups in total. The maximum Gasteiger partial charge on any atom is 0.267 e. The molecule has 3 heterocycles. The summed E-state index contributed by atoms with van der Waals surface area (Å²) in [7, 11) is 0.403. The van der Waals surface area contributed by atoms with Gasteiger partial charge in [-0.1, -0.05) is 83.8 Å². The zero-order valence-electron chi connectivity index (χ0n) is 31.4. The van der Waals surface area contributed by atoms with Crippen LogP contribution in [-0.4, -0.2) is 58.1 Å². The maximum absolute atomic E-state index is 14.8. The van der Waals surface area contributed by atoms with Crippen LogP contribution >= 0.6 is 0 Å². The largest absolute Gasteiger partial charge is 0.493 e. The number of ether oxygens (including phenoxy) is 2. The van der Waals surface area contributed by atoms with E-state index in [0.717, 1.165) is 86.5 Å². The Morgan fingerprint density at radius 1 is 1.00 bits per heavy atom. The second kappa shape index (κ2) is 16.7. The topological polar surface area (TPSA) is 139 Å². The van der Waals surface area contributed by atoms with Gasteiger partial charge < -0.3 is 20.5 Å². The van der Waals surface area contributed by atoms with Crippen LogP contribution in [0.3, 0.4) is 0 Å². The molecule has 2 aliphatic carbocycles. The predicted octanol–water partition coefficient (Wildman–Crippen LogP) is 7.70. The van der Waals surface area contributed by atoms with E-state index >= 15 is 0 Å². The lowest BCUT2D eigenvalue weighted by atomic mass is 9.63. The van der Waals surface area contributed by atoms with Gasteiger partial charge in [-0.2, -0.15) is 10.2 Å². The van der Waals surface area contributed by atoms with Crippen LogP contribution in [0.5, 0.6) is 5.75 Å². The van der Waals surface area contributed by atoms with Crippen LogP contribution in [0.25, 0.3) is 11.1 Å². The van der Waals surface area contributed by atoms with Gasteiger partial charge in [-0.3, -0.25) is 14.3 Å². The molecule has 0 spiro atoms. The first-order valence-electron chi connectivity index (χ1n) is 18.8. The Morgan fingerprint density at radius 3 is 2.20 bits per heavy atom. The van der Waals surface area contributed by atoms with Crippen molar-refractivity contribution in [2.24, 2.45) is 23.5 Å². The molecule has 0 radical (unpaired) electrons. The van der Waals surface area contributed by atoms with Crippen LogP contribution < -0.4 is 15.8 Å². The number of nitrogens with two attached hydrogens (primary N) is 1. The normalized spacial score (nSPS) is 16.9. The Labute approximate surface area is 299 Å². The molecule has 0 bridgehead atoms. The third-order valence-corrected chi connectivity index (χ3v) is 12.7. The lowest BCUT2D eigenvalue weighted by molar-refractivity contribution is -0.120. The van der Waals surface area contributed by atoms with Gasteiger partial charge in [0.25, 0.3) is 5.91 Å². The average molecular weight is 706 g/mol. The first kappa shape index (κ1) is 37.7. The number of primary amides is 1. The first-order chi connectivity index (χ1) is 23.9. The highest BCUT2D eigenvalue weighted by molar-refractivity contribution is 6.76. The predicted molar refractivity (Wildman–Crippen MR) is 200 cm³/mol. The van der Waals surface area contributed by atoms with Gasteiger partial charge in [0, 0.05) is 49.8 Å². The highest BCUT2D eigenvalue weighted by Crippen LogP contribution is 2.48. The number of carbonyl (C=O) groups excluding carboxylic acids is 2. The number of nitrogens with one attached hydrogen (secondary N) is 1. The molecule has 12 heteroatoms. The number of aromatic nitrogens is 5. The number of hydrogen-bond acceptors (Lipinski definition) is 7. The number of amides is 2. The van der Waals surface area contributed by atoms with E-state index in [0.29, 0.717) is 47.9 Å². The standard InChI is InChI=1S/C38H59N7O4Si/c1-8-44-35(36(39)46)30(23-41-44)34(33(27-15-11-9-12-16-27)28-17-13-10-14-18-28)38(47)42-37-31(48-4)21-29(22-40-37)32-25(2)43-45(26(32)3)24-49-19-20-50(5,6)7/h21-23,27-28,33-34H,8-20,24H2,1-7H3,(H2,39,46)(H,40,42,47). The molecule has 3 aromatic heterocycles. The highest BCUT2D eigenvalue weighted by Gasteiger charge is 2.43.